The molecule has 1 aliphatic rings. The average molecular weight is 466 g/mol. The third kappa shape index (κ3) is 6.63. The highest BCUT2D eigenvalue weighted by Gasteiger charge is 2.20. The molecule has 174 valence electrons. The summed E-state index contributed by atoms with van der Waals surface area (Å²) < 4.78 is 11.4. The van der Waals surface area contributed by atoms with E-state index in [9.17, 15) is 4.79 Å². The summed E-state index contributed by atoms with van der Waals surface area (Å²) in [6.07, 6.45) is 0. The quantitative estimate of drug-likeness (QED) is 0.471. The summed E-state index contributed by atoms with van der Waals surface area (Å²) in [4.78, 5) is 22.3. The molecule has 1 aromatic heterocycles. The zero-order valence-electron chi connectivity index (χ0n) is 19.3. The van der Waals surface area contributed by atoms with Crippen LogP contribution >= 0.6 is 11.3 Å². The highest BCUT2D eigenvalue weighted by atomic mass is 32.1. The van der Waals surface area contributed by atoms with Gasteiger partial charge in [-0.05, 0) is 37.6 Å². The summed E-state index contributed by atoms with van der Waals surface area (Å²) in [7, 11) is 0. The number of aromatic nitrogens is 1. The molecule has 2 aromatic carbocycles. The molecule has 6 nitrogen and oxygen atoms in total. The predicted octanol–water partition coefficient (Wildman–Crippen LogP) is 4.31. The van der Waals surface area contributed by atoms with Gasteiger partial charge in [0.1, 0.15) is 17.4 Å². The van der Waals surface area contributed by atoms with Gasteiger partial charge in [0.15, 0.2) is 0 Å². The molecular weight excluding hydrogens is 434 g/mol. The van der Waals surface area contributed by atoms with E-state index in [-0.39, 0.29) is 5.91 Å². The van der Waals surface area contributed by atoms with Gasteiger partial charge in [-0.25, -0.2) is 4.98 Å². The Morgan fingerprint density at radius 3 is 2.64 bits per heavy atom. The Morgan fingerprint density at radius 1 is 1.12 bits per heavy atom. The number of ether oxygens (including phenoxy) is 2. The van der Waals surface area contributed by atoms with Crippen molar-refractivity contribution < 1.29 is 14.3 Å². The van der Waals surface area contributed by atoms with Gasteiger partial charge in [-0.1, -0.05) is 35.9 Å². The number of amides is 1. The lowest BCUT2D eigenvalue weighted by molar-refractivity contribution is 0.0319. The van der Waals surface area contributed by atoms with Crippen LogP contribution in [0.1, 0.15) is 32.2 Å². The molecule has 33 heavy (non-hydrogen) atoms. The lowest BCUT2D eigenvalue weighted by Gasteiger charge is -2.30. The van der Waals surface area contributed by atoms with E-state index in [1.165, 1.54) is 0 Å². The van der Waals surface area contributed by atoms with Gasteiger partial charge >= 0.3 is 0 Å². The monoisotopic (exact) mass is 465 g/mol. The second-order valence-corrected chi connectivity index (χ2v) is 9.28. The van der Waals surface area contributed by atoms with Crippen LogP contribution in [-0.4, -0.2) is 60.1 Å². The summed E-state index contributed by atoms with van der Waals surface area (Å²) in [5.74, 6) is 0.907. The maximum Gasteiger partial charge on any atom is 0.254 e. The van der Waals surface area contributed by atoms with Crippen LogP contribution in [0.25, 0.3) is 0 Å². The largest absolute Gasteiger partial charge is 0.486 e. The summed E-state index contributed by atoms with van der Waals surface area (Å²) in [5, 5.41) is 2.94. The van der Waals surface area contributed by atoms with Crippen molar-refractivity contribution in [1.82, 2.24) is 14.8 Å². The highest BCUT2D eigenvalue weighted by molar-refractivity contribution is 7.09. The van der Waals surface area contributed by atoms with Gasteiger partial charge < -0.3 is 14.4 Å². The van der Waals surface area contributed by atoms with Crippen molar-refractivity contribution >= 4 is 17.2 Å². The van der Waals surface area contributed by atoms with Crippen LogP contribution in [0.3, 0.4) is 0 Å². The van der Waals surface area contributed by atoms with Gasteiger partial charge in [-0.2, -0.15) is 0 Å². The Bertz CT molecular complexity index is 1040. The molecule has 1 fully saturated rings. The van der Waals surface area contributed by atoms with Crippen LogP contribution in [0.2, 0.25) is 0 Å². The van der Waals surface area contributed by atoms with Crippen LogP contribution < -0.4 is 4.74 Å². The highest BCUT2D eigenvalue weighted by Crippen LogP contribution is 2.20. The molecule has 0 bridgehead atoms. The normalized spacial score (nSPS) is 14.2. The van der Waals surface area contributed by atoms with Gasteiger partial charge in [0.05, 0.1) is 25.5 Å². The molecule has 4 rings (SSSR count). The topological polar surface area (TPSA) is 54.9 Å². The molecule has 0 saturated carbocycles. The number of thiazole rings is 1. The van der Waals surface area contributed by atoms with Crippen molar-refractivity contribution in [1.29, 1.82) is 0 Å². The van der Waals surface area contributed by atoms with Gasteiger partial charge in [0.25, 0.3) is 5.91 Å². The van der Waals surface area contributed by atoms with Crippen molar-refractivity contribution in [2.24, 2.45) is 0 Å². The standard InChI is InChI=1S/C26H31N3O3S/c1-20-7-9-22(10-8-20)26(30)29(12-11-28-13-15-31-16-14-28)17-23-19-33-25(27-23)18-32-24-6-4-3-5-21(24)2/h3-10,19H,11-18H2,1-2H3. The first-order valence-electron chi connectivity index (χ1n) is 11.4. The minimum Gasteiger partial charge on any atom is -0.486 e. The van der Waals surface area contributed by atoms with Crippen LogP contribution in [0.15, 0.2) is 53.9 Å². The van der Waals surface area contributed by atoms with Crippen molar-refractivity contribution in [2.45, 2.75) is 27.0 Å². The first-order valence-corrected chi connectivity index (χ1v) is 12.2. The van der Waals surface area contributed by atoms with Crippen LogP contribution in [0.4, 0.5) is 0 Å². The summed E-state index contributed by atoms with van der Waals surface area (Å²) in [6.45, 7) is 9.77. The minimum atomic E-state index is 0.0361. The van der Waals surface area contributed by atoms with Gasteiger partial charge in [0.2, 0.25) is 0 Å². The van der Waals surface area contributed by atoms with Crippen LogP contribution in [-0.2, 0) is 17.9 Å². The Labute approximate surface area is 199 Å². The van der Waals surface area contributed by atoms with E-state index >= 15 is 0 Å². The zero-order chi connectivity index (χ0) is 23.0. The molecule has 0 radical (unpaired) electrons. The van der Waals surface area contributed by atoms with E-state index in [0.717, 1.165) is 60.4 Å². The molecule has 1 aliphatic heterocycles. The van der Waals surface area contributed by atoms with Crippen LogP contribution in [0.5, 0.6) is 5.75 Å². The van der Waals surface area contributed by atoms with Gasteiger partial charge in [0, 0.05) is 37.1 Å². The number of para-hydroxylation sites is 1. The van der Waals surface area contributed by atoms with Gasteiger partial charge in [-0.15, -0.1) is 11.3 Å². The minimum absolute atomic E-state index is 0.0361. The number of morpholine rings is 1. The number of carbonyl (C=O) groups excluding carboxylic acids is 1. The number of aryl methyl sites for hydroxylation is 2. The molecule has 2 heterocycles. The van der Waals surface area contributed by atoms with Crippen molar-refractivity contribution in [2.75, 3.05) is 39.4 Å². The fourth-order valence-electron chi connectivity index (χ4n) is 3.76. The predicted molar refractivity (Wildman–Crippen MR) is 131 cm³/mol. The molecule has 3 aromatic rings. The van der Waals surface area contributed by atoms with E-state index in [0.29, 0.717) is 25.3 Å². The molecule has 0 spiro atoms. The first kappa shape index (κ1) is 23.4. The molecule has 0 atom stereocenters. The van der Waals surface area contributed by atoms with E-state index < -0.39 is 0 Å². The number of hydrogen-bond donors (Lipinski definition) is 0. The van der Waals surface area contributed by atoms with E-state index in [4.69, 9.17) is 14.5 Å². The molecule has 0 aliphatic carbocycles. The molecule has 1 amide bonds. The number of benzene rings is 2. The average Bonchev–Trinajstić information content (AvgIpc) is 3.29. The lowest BCUT2D eigenvalue weighted by Crippen LogP contribution is -2.43. The molecular formula is C26H31N3O3S. The third-order valence-corrected chi connectivity index (χ3v) is 6.64. The first-order chi connectivity index (χ1) is 16.1. The Balaban J connectivity index is 1.42. The van der Waals surface area contributed by atoms with E-state index in [1.807, 2.05) is 72.7 Å². The van der Waals surface area contributed by atoms with Gasteiger partial charge in [-0.3, -0.25) is 9.69 Å². The third-order valence-electron chi connectivity index (χ3n) is 5.77. The summed E-state index contributed by atoms with van der Waals surface area (Å²) in [6, 6.07) is 15.8. The summed E-state index contributed by atoms with van der Waals surface area (Å²) >= 11 is 1.57. The van der Waals surface area contributed by atoms with E-state index in [2.05, 4.69) is 4.90 Å². The maximum atomic E-state index is 13.3. The fraction of sp³-hybridized carbons (Fsp3) is 0.385. The Kier molecular flexibility index (Phi) is 8.10. The van der Waals surface area contributed by atoms with Crippen molar-refractivity contribution in [3.05, 3.63) is 81.3 Å². The number of rotatable bonds is 9. The molecule has 7 heteroatoms. The summed E-state index contributed by atoms with van der Waals surface area (Å²) in [5.41, 5.74) is 3.85. The smallest absolute Gasteiger partial charge is 0.254 e. The number of hydrogen-bond acceptors (Lipinski definition) is 6. The maximum absolute atomic E-state index is 13.3. The number of carbonyl (C=O) groups is 1. The van der Waals surface area contributed by atoms with E-state index in [1.54, 1.807) is 11.3 Å². The Morgan fingerprint density at radius 2 is 1.88 bits per heavy atom. The fourth-order valence-corrected chi connectivity index (χ4v) is 4.46. The molecule has 1 saturated heterocycles. The Hall–Kier alpha value is -2.74. The SMILES string of the molecule is Cc1ccc(C(=O)N(CCN2CCOCC2)Cc2csc(COc3ccccc3C)n2)cc1. The number of nitrogens with zero attached hydrogens (tertiary/aromatic N) is 3. The van der Waals surface area contributed by atoms with Crippen LogP contribution in [0, 0.1) is 13.8 Å². The zero-order valence-corrected chi connectivity index (χ0v) is 20.1. The second kappa shape index (κ2) is 11.4. The van der Waals surface area contributed by atoms with Crippen molar-refractivity contribution in [3.8, 4) is 5.75 Å². The molecule has 0 unspecified atom stereocenters. The molecule has 0 N–H and O–H groups in total. The second-order valence-electron chi connectivity index (χ2n) is 8.33. The lowest BCUT2D eigenvalue weighted by atomic mass is 10.1. The van der Waals surface area contributed by atoms with Crippen molar-refractivity contribution in [3.63, 3.8) is 0 Å².